The van der Waals surface area contributed by atoms with Gasteiger partial charge in [-0.2, -0.15) is 0 Å². The van der Waals surface area contributed by atoms with Gasteiger partial charge in [-0.1, -0.05) is 30.7 Å². The monoisotopic (exact) mass is 176 g/mol. The third-order valence-electron chi connectivity index (χ3n) is 3.51. The van der Waals surface area contributed by atoms with Crippen LogP contribution in [0.25, 0.3) is 0 Å². The van der Waals surface area contributed by atoms with Crippen molar-refractivity contribution in [2.45, 2.75) is 44.9 Å². The van der Waals surface area contributed by atoms with Gasteiger partial charge < -0.3 is 0 Å². The van der Waals surface area contributed by atoms with Crippen LogP contribution in [-0.2, 0) is 0 Å². The first-order valence-corrected chi connectivity index (χ1v) is 5.77. The molecule has 0 saturated carbocycles. The average molecular weight is 176 g/mol. The van der Waals surface area contributed by atoms with Crippen molar-refractivity contribution < 1.29 is 0 Å². The minimum Gasteiger partial charge on any atom is -0.0885 e. The molecule has 72 valence electrons. The van der Waals surface area contributed by atoms with Gasteiger partial charge in [-0.25, -0.2) is 0 Å². The average Bonchev–Trinajstić information content (AvgIpc) is 2.55. The summed E-state index contributed by atoms with van der Waals surface area (Å²) in [5.41, 5.74) is 0. The van der Waals surface area contributed by atoms with Crippen LogP contribution in [0.4, 0.5) is 0 Å². The molecule has 0 aromatic rings. The second-order valence-corrected chi connectivity index (χ2v) is 4.45. The Kier molecular flexibility index (Phi) is 3.23. The summed E-state index contributed by atoms with van der Waals surface area (Å²) in [7, 11) is 0. The fraction of sp³-hybridized carbons (Fsp3) is 0.692. The van der Waals surface area contributed by atoms with Crippen molar-refractivity contribution in [1.29, 1.82) is 0 Å². The fourth-order valence-corrected chi connectivity index (χ4v) is 2.63. The number of rotatable bonds is 1. The lowest BCUT2D eigenvalue weighted by Crippen LogP contribution is -2.12. The Morgan fingerprint density at radius 3 is 2.23 bits per heavy atom. The molecule has 0 saturated heterocycles. The van der Waals surface area contributed by atoms with Gasteiger partial charge in [0, 0.05) is 0 Å². The van der Waals surface area contributed by atoms with Crippen LogP contribution in [0.2, 0.25) is 0 Å². The summed E-state index contributed by atoms with van der Waals surface area (Å²) in [5, 5.41) is 0. The van der Waals surface area contributed by atoms with Gasteiger partial charge in [0.15, 0.2) is 0 Å². The molecule has 0 N–H and O–H groups in total. The van der Waals surface area contributed by atoms with Crippen LogP contribution in [-0.4, -0.2) is 0 Å². The smallest absolute Gasteiger partial charge is 0.0314 e. The van der Waals surface area contributed by atoms with Crippen molar-refractivity contribution in [2.75, 3.05) is 0 Å². The Hall–Kier alpha value is -0.520. The largest absolute Gasteiger partial charge is 0.0885 e. The molecule has 0 heterocycles. The van der Waals surface area contributed by atoms with Crippen molar-refractivity contribution in [3.05, 3.63) is 24.3 Å². The van der Waals surface area contributed by atoms with Gasteiger partial charge >= 0.3 is 0 Å². The summed E-state index contributed by atoms with van der Waals surface area (Å²) < 4.78 is 0. The van der Waals surface area contributed by atoms with Crippen LogP contribution < -0.4 is 0 Å². The standard InChI is InChI=1S/C13H20/c1-2-4-8-12(9-5-3-1)13-10-6-7-11-13/h2,4,6-7,12-13H,1,3,5,8-11H2. The van der Waals surface area contributed by atoms with E-state index in [0.717, 1.165) is 11.8 Å². The van der Waals surface area contributed by atoms with Crippen molar-refractivity contribution in [2.24, 2.45) is 11.8 Å². The van der Waals surface area contributed by atoms with Crippen LogP contribution in [0.5, 0.6) is 0 Å². The van der Waals surface area contributed by atoms with E-state index in [1.54, 1.807) is 0 Å². The summed E-state index contributed by atoms with van der Waals surface area (Å²) >= 11 is 0. The van der Waals surface area contributed by atoms with E-state index in [-0.39, 0.29) is 0 Å². The van der Waals surface area contributed by atoms with Gasteiger partial charge in [0.2, 0.25) is 0 Å². The Morgan fingerprint density at radius 1 is 0.692 bits per heavy atom. The zero-order chi connectivity index (χ0) is 8.93. The van der Waals surface area contributed by atoms with E-state index in [0.29, 0.717) is 0 Å². The zero-order valence-electron chi connectivity index (χ0n) is 8.41. The van der Waals surface area contributed by atoms with E-state index in [1.807, 2.05) is 0 Å². The Morgan fingerprint density at radius 2 is 1.38 bits per heavy atom. The first-order valence-electron chi connectivity index (χ1n) is 5.77. The molecule has 0 heteroatoms. The first kappa shape index (κ1) is 9.05. The van der Waals surface area contributed by atoms with Crippen molar-refractivity contribution in [3.8, 4) is 0 Å². The summed E-state index contributed by atoms with van der Waals surface area (Å²) in [6.07, 6.45) is 19.2. The predicted molar refractivity (Wildman–Crippen MR) is 57.6 cm³/mol. The maximum Gasteiger partial charge on any atom is -0.0314 e. The van der Waals surface area contributed by atoms with Crippen LogP contribution in [0, 0.1) is 11.8 Å². The van der Waals surface area contributed by atoms with Gasteiger partial charge in [0.05, 0.1) is 0 Å². The van der Waals surface area contributed by atoms with Gasteiger partial charge in [-0.05, 0) is 50.4 Å². The minimum atomic E-state index is 0.975. The highest BCUT2D eigenvalue weighted by Crippen LogP contribution is 2.33. The number of hydrogen-bond acceptors (Lipinski definition) is 0. The maximum absolute atomic E-state index is 2.42. The first-order chi connectivity index (χ1) is 6.47. The summed E-state index contributed by atoms with van der Waals surface area (Å²) in [5.74, 6) is 1.95. The molecule has 2 aliphatic rings. The molecule has 13 heavy (non-hydrogen) atoms. The molecule has 1 atom stereocenters. The SMILES string of the molecule is C1=CCC(C2CC=CC2)CCCC1. The molecule has 0 nitrogen and oxygen atoms in total. The van der Waals surface area contributed by atoms with Crippen LogP contribution in [0.15, 0.2) is 24.3 Å². The van der Waals surface area contributed by atoms with E-state index >= 15 is 0 Å². The van der Waals surface area contributed by atoms with Crippen molar-refractivity contribution in [3.63, 3.8) is 0 Å². The second-order valence-electron chi connectivity index (χ2n) is 4.45. The van der Waals surface area contributed by atoms with Gasteiger partial charge in [0.25, 0.3) is 0 Å². The minimum absolute atomic E-state index is 0.975. The van der Waals surface area contributed by atoms with Gasteiger partial charge in [-0.15, -0.1) is 0 Å². The third-order valence-corrected chi connectivity index (χ3v) is 3.51. The molecular weight excluding hydrogens is 156 g/mol. The van der Waals surface area contributed by atoms with Crippen molar-refractivity contribution >= 4 is 0 Å². The zero-order valence-corrected chi connectivity index (χ0v) is 8.41. The molecule has 1 unspecified atom stereocenters. The maximum atomic E-state index is 2.42. The molecule has 0 amide bonds. The van der Waals surface area contributed by atoms with Crippen LogP contribution in [0.1, 0.15) is 44.9 Å². The molecule has 0 radical (unpaired) electrons. The normalized spacial score (nSPS) is 30.3. The van der Waals surface area contributed by atoms with Gasteiger partial charge in [-0.3, -0.25) is 0 Å². The topological polar surface area (TPSA) is 0 Å². The molecule has 0 aliphatic heterocycles. The highest BCUT2D eigenvalue weighted by Gasteiger charge is 2.21. The quantitative estimate of drug-likeness (QED) is 0.528. The van der Waals surface area contributed by atoms with Gasteiger partial charge in [0.1, 0.15) is 0 Å². The number of allylic oxidation sites excluding steroid dienone is 4. The molecule has 0 aromatic heterocycles. The molecule has 0 spiro atoms. The van der Waals surface area contributed by atoms with E-state index in [1.165, 1.54) is 44.9 Å². The molecular formula is C13H20. The second kappa shape index (κ2) is 4.64. The highest BCUT2D eigenvalue weighted by atomic mass is 14.3. The third kappa shape index (κ3) is 2.46. The lowest BCUT2D eigenvalue weighted by Gasteiger charge is -2.23. The predicted octanol–water partition coefficient (Wildman–Crippen LogP) is 4.09. The Labute approximate surface area is 81.7 Å². The molecule has 0 fully saturated rings. The summed E-state index contributed by atoms with van der Waals surface area (Å²) in [6, 6.07) is 0. The van der Waals surface area contributed by atoms with E-state index in [9.17, 15) is 0 Å². The van der Waals surface area contributed by atoms with E-state index < -0.39 is 0 Å². The fourth-order valence-electron chi connectivity index (χ4n) is 2.63. The molecule has 2 rings (SSSR count). The van der Waals surface area contributed by atoms with E-state index in [2.05, 4.69) is 24.3 Å². The Bertz CT molecular complexity index is 192. The van der Waals surface area contributed by atoms with E-state index in [4.69, 9.17) is 0 Å². The Balaban J connectivity index is 1.88. The summed E-state index contributed by atoms with van der Waals surface area (Å²) in [6.45, 7) is 0. The molecule has 0 bridgehead atoms. The van der Waals surface area contributed by atoms with Crippen LogP contribution >= 0.6 is 0 Å². The molecule has 0 aromatic carbocycles. The lowest BCUT2D eigenvalue weighted by molar-refractivity contribution is 0.317. The summed E-state index contributed by atoms with van der Waals surface area (Å²) in [4.78, 5) is 0. The van der Waals surface area contributed by atoms with Crippen molar-refractivity contribution in [1.82, 2.24) is 0 Å². The number of hydrogen-bond donors (Lipinski definition) is 0. The lowest BCUT2D eigenvalue weighted by atomic mass is 9.82. The van der Waals surface area contributed by atoms with Crippen LogP contribution in [0.3, 0.4) is 0 Å². The molecule has 2 aliphatic carbocycles. The highest BCUT2D eigenvalue weighted by molar-refractivity contribution is 4.98.